The van der Waals surface area contributed by atoms with Crippen LogP contribution in [0.1, 0.15) is 22.3 Å². The van der Waals surface area contributed by atoms with Gasteiger partial charge in [0.25, 0.3) is 0 Å². The Labute approximate surface area is 117 Å². The molecule has 0 heterocycles. The minimum atomic E-state index is 0.878. The third-order valence-corrected chi connectivity index (χ3v) is 3.62. The number of halogens is 1. The van der Waals surface area contributed by atoms with Gasteiger partial charge in [-0.05, 0) is 55.7 Å². The summed E-state index contributed by atoms with van der Waals surface area (Å²) in [7, 11) is 0. The van der Waals surface area contributed by atoms with Crippen LogP contribution in [-0.4, -0.2) is 0 Å². The fraction of sp³-hybridized carbons (Fsp3) is 0.250. The fourth-order valence-electron chi connectivity index (χ4n) is 1.92. The van der Waals surface area contributed by atoms with E-state index >= 15 is 0 Å². The topological polar surface area (TPSA) is 9.23 Å². The van der Waals surface area contributed by atoms with Gasteiger partial charge in [-0.25, -0.2) is 0 Å². The maximum Gasteiger partial charge on any atom is 0.130 e. The van der Waals surface area contributed by atoms with E-state index in [1.54, 1.807) is 0 Å². The van der Waals surface area contributed by atoms with Crippen LogP contribution < -0.4 is 4.74 Å². The van der Waals surface area contributed by atoms with Crippen LogP contribution >= 0.6 is 15.9 Å². The Hall–Kier alpha value is -1.28. The standard InChI is InChI=1S/C16H17BrO/c1-11-4-7-16(13(3)8-11)18-15-6-5-14(10-17)12(2)9-15/h4-9H,10H2,1-3H3. The molecule has 0 atom stereocenters. The van der Waals surface area contributed by atoms with E-state index < -0.39 is 0 Å². The maximum atomic E-state index is 5.93. The average molecular weight is 305 g/mol. The lowest BCUT2D eigenvalue weighted by molar-refractivity contribution is 0.478. The van der Waals surface area contributed by atoms with Gasteiger partial charge >= 0.3 is 0 Å². The van der Waals surface area contributed by atoms with E-state index in [4.69, 9.17) is 4.74 Å². The molecule has 0 amide bonds. The van der Waals surface area contributed by atoms with Crippen LogP contribution in [0.4, 0.5) is 0 Å². The molecule has 0 saturated heterocycles. The zero-order valence-electron chi connectivity index (χ0n) is 11.0. The van der Waals surface area contributed by atoms with Crippen molar-refractivity contribution in [2.24, 2.45) is 0 Å². The summed E-state index contributed by atoms with van der Waals surface area (Å²) in [4.78, 5) is 0. The van der Waals surface area contributed by atoms with E-state index in [0.29, 0.717) is 0 Å². The first-order valence-corrected chi connectivity index (χ1v) is 7.13. The van der Waals surface area contributed by atoms with E-state index in [1.807, 2.05) is 12.1 Å². The number of hydrogen-bond donors (Lipinski definition) is 0. The highest BCUT2D eigenvalue weighted by Gasteiger charge is 2.03. The highest BCUT2D eigenvalue weighted by molar-refractivity contribution is 9.08. The van der Waals surface area contributed by atoms with Crippen LogP contribution in [0.25, 0.3) is 0 Å². The lowest BCUT2D eigenvalue weighted by Crippen LogP contribution is -1.91. The monoisotopic (exact) mass is 304 g/mol. The summed E-state index contributed by atoms with van der Waals surface area (Å²) in [5, 5.41) is 0.878. The molecule has 94 valence electrons. The molecule has 0 aliphatic carbocycles. The van der Waals surface area contributed by atoms with E-state index in [0.717, 1.165) is 22.4 Å². The van der Waals surface area contributed by atoms with Crippen molar-refractivity contribution in [3.8, 4) is 11.5 Å². The predicted octanol–water partition coefficient (Wildman–Crippen LogP) is 5.30. The molecule has 1 nitrogen and oxygen atoms in total. The summed E-state index contributed by atoms with van der Waals surface area (Å²) >= 11 is 3.48. The van der Waals surface area contributed by atoms with Crippen molar-refractivity contribution >= 4 is 15.9 Å². The molecule has 2 heteroatoms. The van der Waals surface area contributed by atoms with E-state index in [9.17, 15) is 0 Å². The Kier molecular flexibility index (Phi) is 4.07. The van der Waals surface area contributed by atoms with Crippen molar-refractivity contribution in [3.05, 3.63) is 58.7 Å². The molecule has 2 rings (SSSR count). The van der Waals surface area contributed by atoms with Gasteiger partial charge in [0.05, 0.1) is 0 Å². The SMILES string of the molecule is Cc1ccc(Oc2ccc(CBr)c(C)c2)c(C)c1. The largest absolute Gasteiger partial charge is 0.457 e. The second kappa shape index (κ2) is 5.57. The van der Waals surface area contributed by atoms with Gasteiger partial charge in [0, 0.05) is 5.33 Å². The predicted molar refractivity (Wildman–Crippen MR) is 79.8 cm³/mol. The van der Waals surface area contributed by atoms with Crippen molar-refractivity contribution in [3.63, 3.8) is 0 Å². The molecule has 0 spiro atoms. The number of benzene rings is 2. The smallest absolute Gasteiger partial charge is 0.130 e. The summed E-state index contributed by atoms with van der Waals surface area (Å²) in [6.45, 7) is 6.26. The van der Waals surface area contributed by atoms with Crippen molar-refractivity contribution in [1.82, 2.24) is 0 Å². The van der Waals surface area contributed by atoms with E-state index in [2.05, 4.69) is 61.0 Å². The lowest BCUT2D eigenvalue weighted by atomic mass is 10.1. The van der Waals surface area contributed by atoms with Gasteiger partial charge < -0.3 is 4.74 Å². The summed E-state index contributed by atoms with van der Waals surface area (Å²) in [6.07, 6.45) is 0. The Bertz CT molecular complexity index is 561. The highest BCUT2D eigenvalue weighted by atomic mass is 79.9. The van der Waals surface area contributed by atoms with Gasteiger partial charge in [0.15, 0.2) is 0 Å². The van der Waals surface area contributed by atoms with Crippen LogP contribution in [0, 0.1) is 20.8 Å². The second-order valence-corrected chi connectivity index (χ2v) is 5.15. The van der Waals surface area contributed by atoms with E-state index in [1.165, 1.54) is 16.7 Å². The third-order valence-electron chi connectivity index (χ3n) is 3.02. The Morgan fingerprint density at radius 2 is 1.72 bits per heavy atom. The van der Waals surface area contributed by atoms with Crippen LogP contribution in [0.5, 0.6) is 11.5 Å². The summed E-state index contributed by atoms with van der Waals surface area (Å²) in [5.74, 6) is 1.82. The van der Waals surface area contributed by atoms with Crippen LogP contribution in [0.2, 0.25) is 0 Å². The zero-order valence-corrected chi connectivity index (χ0v) is 12.5. The first kappa shape index (κ1) is 13.2. The summed E-state index contributed by atoms with van der Waals surface area (Å²) < 4.78 is 5.93. The van der Waals surface area contributed by atoms with Crippen molar-refractivity contribution < 1.29 is 4.74 Å². The molecular formula is C16H17BrO. The lowest BCUT2D eigenvalue weighted by Gasteiger charge is -2.11. The third kappa shape index (κ3) is 2.94. The summed E-state index contributed by atoms with van der Waals surface area (Å²) in [5.41, 5.74) is 4.96. The molecule has 2 aromatic rings. The zero-order chi connectivity index (χ0) is 13.1. The maximum absolute atomic E-state index is 5.93. The van der Waals surface area contributed by atoms with Crippen molar-refractivity contribution in [1.29, 1.82) is 0 Å². The number of rotatable bonds is 3. The number of ether oxygens (including phenoxy) is 1. The first-order chi connectivity index (χ1) is 8.60. The van der Waals surface area contributed by atoms with Crippen molar-refractivity contribution in [2.45, 2.75) is 26.1 Å². The molecule has 2 aromatic carbocycles. The Morgan fingerprint density at radius 1 is 0.944 bits per heavy atom. The van der Waals surface area contributed by atoms with Gasteiger partial charge in [0.2, 0.25) is 0 Å². The van der Waals surface area contributed by atoms with Gasteiger partial charge in [-0.2, -0.15) is 0 Å². The average Bonchev–Trinajstić information content (AvgIpc) is 2.33. The quantitative estimate of drug-likeness (QED) is 0.699. The van der Waals surface area contributed by atoms with E-state index in [-0.39, 0.29) is 0 Å². The van der Waals surface area contributed by atoms with Gasteiger partial charge in [-0.3, -0.25) is 0 Å². The molecule has 0 saturated carbocycles. The Balaban J connectivity index is 2.26. The van der Waals surface area contributed by atoms with Gasteiger partial charge in [-0.1, -0.05) is 39.7 Å². The number of hydrogen-bond acceptors (Lipinski definition) is 1. The van der Waals surface area contributed by atoms with Crippen LogP contribution in [-0.2, 0) is 5.33 Å². The molecule has 0 N–H and O–H groups in total. The van der Waals surface area contributed by atoms with Gasteiger partial charge in [-0.15, -0.1) is 0 Å². The van der Waals surface area contributed by atoms with Crippen LogP contribution in [0.3, 0.4) is 0 Å². The molecule has 18 heavy (non-hydrogen) atoms. The Morgan fingerprint density at radius 3 is 2.33 bits per heavy atom. The van der Waals surface area contributed by atoms with Crippen LogP contribution in [0.15, 0.2) is 36.4 Å². The highest BCUT2D eigenvalue weighted by Crippen LogP contribution is 2.27. The fourth-order valence-corrected chi connectivity index (χ4v) is 2.55. The minimum absolute atomic E-state index is 0.878. The molecule has 0 aliphatic rings. The normalized spacial score (nSPS) is 10.4. The molecule has 0 bridgehead atoms. The van der Waals surface area contributed by atoms with Gasteiger partial charge in [0.1, 0.15) is 11.5 Å². The summed E-state index contributed by atoms with van der Waals surface area (Å²) in [6, 6.07) is 12.4. The molecule has 0 aliphatic heterocycles. The number of aryl methyl sites for hydroxylation is 3. The van der Waals surface area contributed by atoms with Crippen molar-refractivity contribution in [2.75, 3.05) is 0 Å². The molecule has 0 unspecified atom stereocenters. The molecular weight excluding hydrogens is 288 g/mol. The molecule has 0 fully saturated rings. The molecule has 0 aromatic heterocycles. The second-order valence-electron chi connectivity index (χ2n) is 4.59. The minimum Gasteiger partial charge on any atom is -0.457 e. The first-order valence-electron chi connectivity index (χ1n) is 6.01. The molecule has 0 radical (unpaired) electrons. The number of alkyl halides is 1.